The van der Waals surface area contributed by atoms with E-state index in [1.807, 2.05) is 25.1 Å². The summed E-state index contributed by atoms with van der Waals surface area (Å²) in [4.78, 5) is 15.2. The number of halogens is 1. The lowest BCUT2D eigenvalue weighted by Crippen LogP contribution is -2.13. The third-order valence-corrected chi connectivity index (χ3v) is 3.59. The van der Waals surface area contributed by atoms with E-state index in [-0.39, 0.29) is 5.91 Å². The number of carbonyl (C=O) groups is 1. The second kappa shape index (κ2) is 4.73. The molecule has 2 aromatic heterocycles. The van der Waals surface area contributed by atoms with Crippen LogP contribution in [0.5, 0.6) is 0 Å². The first-order valence-corrected chi connectivity index (χ1v) is 6.85. The molecule has 3 rings (SSSR count). The predicted molar refractivity (Wildman–Crippen MR) is 82.4 cm³/mol. The van der Waals surface area contributed by atoms with Crippen LogP contribution in [0.1, 0.15) is 16.1 Å². The van der Waals surface area contributed by atoms with E-state index < -0.39 is 0 Å². The van der Waals surface area contributed by atoms with Crippen molar-refractivity contribution >= 4 is 45.3 Å². The summed E-state index contributed by atoms with van der Waals surface area (Å²) in [6.07, 6.45) is 1.59. The fourth-order valence-corrected chi connectivity index (χ4v) is 2.57. The van der Waals surface area contributed by atoms with E-state index in [4.69, 9.17) is 4.42 Å². The van der Waals surface area contributed by atoms with E-state index in [0.717, 1.165) is 20.3 Å². The highest BCUT2D eigenvalue weighted by atomic mass is 127. The first-order chi connectivity index (χ1) is 9.13. The monoisotopic (exact) mass is 366 g/mol. The molecule has 0 aliphatic rings. The van der Waals surface area contributed by atoms with Gasteiger partial charge in [-0.3, -0.25) is 4.79 Å². The first-order valence-electron chi connectivity index (χ1n) is 5.77. The zero-order valence-corrected chi connectivity index (χ0v) is 12.3. The molecule has 0 fully saturated rings. The Hall–Kier alpha value is -1.76. The van der Waals surface area contributed by atoms with Gasteiger partial charge in [0.15, 0.2) is 5.58 Å². The van der Waals surface area contributed by atoms with E-state index in [2.05, 4.69) is 32.9 Å². The number of hydrogen-bond acceptors (Lipinski definition) is 2. The van der Waals surface area contributed by atoms with E-state index in [9.17, 15) is 4.79 Å². The topological polar surface area (TPSA) is 58.0 Å². The number of hydrogen-bond donors (Lipinski definition) is 2. The lowest BCUT2D eigenvalue weighted by molar-refractivity contribution is 0.102. The normalized spacial score (nSPS) is 10.8. The van der Waals surface area contributed by atoms with Crippen molar-refractivity contribution in [2.75, 3.05) is 5.32 Å². The molecule has 5 heteroatoms. The van der Waals surface area contributed by atoms with Crippen LogP contribution >= 0.6 is 22.6 Å². The average molecular weight is 366 g/mol. The van der Waals surface area contributed by atoms with Crippen molar-refractivity contribution < 1.29 is 9.21 Å². The van der Waals surface area contributed by atoms with Crippen LogP contribution in [-0.2, 0) is 0 Å². The molecule has 96 valence electrons. The molecule has 1 aromatic carbocycles. The van der Waals surface area contributed by atoms with Crippen molar-refractivity contribution in [1.29, 1.82) is 0 Å². The number of rotatable bonds is 2. The number of fused-ring (bicyclic) bond motifs is 1. The molecular weight excluding hydrogens is 355 g/mol. The second-order valence-corrected chi connectivity index (χ2v) is 5.54. The number of aryl methyl sites for hydroxylation is 1. The van der Waals surface area contributed by atoms with Crippen molar-refractivity contribution in [3.8, 4) is 0 Å². The number of nitrogens with one attached hydrogen (secondary N) is 2. The third-order valence-electron chi connectivity index (χ3n) is 2.92. The Balaban J connectivity index is 1.86. The Morgan fingerprint density at radius 1 is 1.32 bits per heavy atom. The van der Waals surface area contributed by atoms with Gasteiger partial charge in [0, 0.05) is 21.4 Å². The van der Waals surface area contributed by atoms with Gasteiger partial charge in [-0.15, -0.1) is 0 Å². The summed E-state index contributed by atoms with van der Waals surface area (Å²) < 4.78 is 6.37. The SMILES string of the molecule is Cc1cc(I)ccc1NC(=O)c1cc2occc2[nH]1. The van der Waals surface area contributed by atoms with Crippen LogP contribution in [0.25, 0.3) is 11.1 Å². The average Bonchev–Trinajstić information content (AvgIpc) is 2.93. The second-order valence-electron chi connectivity index (χ2n) is 4.29. The Morgan fingerprint density at radius 2 is 2.16 bits per heavy atom. The highest BCUT2D eigenvalue weighted by Gasteiger charge is 2.12. The molecule has 2 heterocycles. The predicted octanol–water partition coefficient (Wildman–Crippen LogP) is 3.93. The Kier molecular flexibility index (Phi) is 3.06. The number of anilines is 1. The standard InChI is InChI=1S/C14H11IN2O2/c1-8-6-9(15)2-3-10(8)17-14(18)12-7-13-11(16-12)4-5-19-13/h2-7,16H,1H3,(H,17,18). The minimum absolute atomic E-state index is 0.171. The van der Waals surface area contributed by atoms with Gasteiger partial charge in [0.05, 0.1) is 11.8 Å². The molecule has 4 nitrogen and oxygen atoms in total. The molecule has 0 aliphatic carbocycles. The van der Waals surface area contributed by atoms with Crippen LogP contribution in [0.4, 0.5) is 5.69 Å². The summed E-state index contributed by atoms with van der Waals surface area (Å²) in [5, 5.41) is 2.89. The Labute approximate surface area is 123 Å². The number of H-pyrrole nitrogens is 1. The molecule has 0 radical (unpaired) electrons. The molecule has 0 atom stereocenters. The molecular formula is C14H11IN2O2. The van der Waals surface area contributed by atoms with Gasteiger partial charge in [0.1, 0.15) is 5.69 Å². The summed E-state index contributed by atoms with van der Waals surface area (Å²) in [5.74, 6) is -0.171. The van der Waals surface area contributed by atoms with Crippen molar-refractivity contribution in [2.45, 2.75) is 6.92 Å². The van der Waals surface area contributed by atoms with Gasteiger partial charge in [-0.1, -0.05) is 0 Å². The van der Waals surface area contributed by atoms with Gasteiger partial charge in [0.2, 0.25) is 0 Å². The molecule has 0 unspecified atom stereocenters. The fraction of sp³-hybridized carbons (Fsp3) is 0.0714. The minimum atomic E-state index is -0.171. The zero-order chi connectivity index (χ0) is 13.4. The molecule has 0 aliphatic heterocycles. The van der Waals surface area contributed by atoms with Crippen molar-refractivity contribution in [3.05, 3.63) is 51.4 Å². The van der Waals surface area contributed by atoms with Gasteiger partial charge in [-0.05, 0) is 53.3 Å². The number of furan rings is 1. The third kappa shape index (κ3) is 2.37. The Bertz CT molecular complexity index is 729. The lowest BCUT2D eigenvalue weighted by Gasteiger charge is -2.07. The van der Waals surface area contributed by atoms with Crippen molar-refractivity contribution in [3.63, 3.8) is 0 Å². The molecule has 0 bridgehead atoms. The molecule has 0 saturated heterocycles. The van der Waals surface area contributed by atoms with Crippen LogP contribution in [-0.4, -0.2) is 10.9 Å². The molecule has 0 saturated carbocycles. The van der Waals surface area contributed by atoms with Gasteiger partial charge in [-0.25, -0.2) is 0 Å². The number of carbonyl (C=O) groups excluding carboxylic acids is 1. The van der Waals surface area contributed by atoms with E-state index in [1.54, 1.807) is 18.4 Å². The largest absolute Gasteiger partial charge is 0.463 e. The smallest absolute Gasteiger partial charge is 0.272 e. The van der Waals surface area contributed by atoms with Crippen LogP contribution < -0.4 is 5.32 Å². The summed E-state index contributed by atoms with van der Waals surface area (Å²) in [6.45, 7) is 1.97. The maximum atomic E-state index is 12.1. The highest BCUT2D eigenvalue weighted by molar-refractivity contribution is 14.1. The van der Waals surface area contributed by atoms with Gasteiger partial charge in [0.25, 0.3) is 5.91 Å². The van der Waals surface area contributed by atoms with Crippen molar-refractivity contribution in [1.82, 2.24) is 4.98 Å². The molecule has 3 aromatic rings. The number of aromatic amines is 1. The number of benzene rings is 1. The maximum Gasteiger partial charge on any atom is 0.272 e. The van der Waals surface area contributed by atoms with Crippen molar-refractivity contribution in [2.24, 2.45) is 0 Å². The summed E-state index contributed by atoms with van der Waals surface area (Å²) in [6, 6.07) is 9.39. The zero-order valence-electron chi connectivity index (χ0n) is 10.2. The fourth-order valence-electron chi connectivity index (χ4n) is 1.93. The number of amides is 1. The highest BCUT2D eigenvalue weighted by Crippen LogP contribution is 2.20. The van der Waals surface area contributed by atoms with Gasteiger partial charge >= 0.3 is 0 Å². The van der Waals surface area contributed by atoms with Crippen LogP contribution in [0.2, 0.25) is 0 Å². The molecule has 2 N–H and O–H groups in total. The van der Waals surface area contributed by atoms with Crippen LogP contribution in [0.15, 0.2) is 41.0 Å². The van der Waals surface area contributed by atoms with Crippen LogP contribution in [0.3, 0.4) is 0 Å². The maximum absolute atomic E-state index is 12.1. The van der Waals surface area contributed by atoms with E-state index in [1.165, 1.54) is 0 Å². The summed E-state index contributed by atoms with van der Waals surface area (Å²) >= 11 is 2.24. The van der Waals surface area contributed by atoms with E-state index >= 15 is 0 Å². The minimum Gasteiger partial charge on any atom is -0.463 e. The summed E-state index contributed by atoms with van der Waals surface area (Å²) in [7, 11) is 0. The number of aromatic nitrogens is 1. The quantitative estimate of drug-likeness (QED) is 0.676. The summed E-state index contributed by atoms with van der Waals surface area (Å²) in [5.41, 5.74) is 3.85. The van der Waals surface area contributed by atoms with Gasteiger partial charge in [-0.2, -0.15) is 0 Å². The Morgan fingerprint density at radius 3 is 2.89 bits per heavy atom. The van der Waals surface area contributed by atoms with Crippen LogP contribution in [0, 0.1) is 10.5 Å². The molecule has 19 heavy (non-hydrogen) atoms. The lowest BCUT2D eigenvalue weighted by atomic mass is 10.2. The van der Waals surface area contributed by atoms with Gasteiger partial charge < -0.3 is 14.7 Å². The molecule has 0 spiro atoms. The first kappa shape index (κ1) is 12.3. The molecule has 1 amide bonds. The van der Waals surface area contributed by atoms with E-state index in [0.29, 0.717) is 11.3 Å².